The Balaban J connectivity index is 1.63. The van der Waals surface area contributed by atoms with Gasteiger partial charge in [0.05, 0.1) is 11.6 Å². The van der Waals surface area contributed by atoms with Crippen molar-refractivity contribution in [1.82, 2.24) is 19.4 Å². The van der Waals surface area contributed by atoms with Crippen LogP contribution in [0.15, 0.2) is 6.20 Å². The van der Waals surface area contributed by atoms with Crippen molar-refractivity contribution in [2.45, 2.75) is 31.7 Å². The molecule has 1 fully saturated rings. The normalized spacial score (nSPS) is 24.0. The second-order valence-corrected chi connectivity index (χ2v) is 6.18. The van der Waals surface area contributed by atoms with Gasteiger partial charge >= 0.3 is 5.97 Å². The third-order valence-electron chi connectivity index (χ3n) is 4.75. The molecule has 0 amide bonds. The fraction of sp³-hybridized carbons (Fsp3) is 0.733. The number of aliphatic carboxylic acids is 1. The summed E-state index contributed by atoms with van der Waals surface area (Å²) in [5.41, 5.74) is 0.891. The number of carbonyl (C=O) groups is 1. The Bertz CT molecular complexity index is 506. The number of carboxylic acid groups (broad SMARTS) is 1. The van der Waals surface area contributed by atoms with E-state index in [-0.39, 0.29) is 5.92 Å². The Kier molecular flexibility index (Phi) is 4.26. The molecule has 116 valence electrons. The Morgan fingerprint density at radius 2 is 2.10 bits per heavy atom. The third-order valence-corrected chi connectivity index (χ3v) is 4.75. The van der Waals surface area contributed by atoms with Crippen molar-refractivity contribution in [3.63, 3.8) is 0 Å². The third kappa shape index (κ3) is 3.11. The Labute approximate surface area is 125 Å². The van der Waals surface area contributed by atoms with Crippen LogP contribution >= 0.6 is 0 Å². The van der Waals surface area contributed by atoms with Gasteiger partial charge in [-0.1, -0.05) is 0 Å². The number of likely N-dealkylation sites (N-methyl/N-ethyl adjacent to an activating group) is 1. The Morgan fingerprint density at radius 1 is 1.33 bits per heavy atom. The van der Waals surface area contributed by atoms with Gasteiger partial charge in [-0.15, -0.1) is 0 Å². The SMILES string of the molecule is CN1CCN(CCc2ncc3n2CCCC3C(=O)O)CC1. The number of fused-ring (bicyclic) bond motifs is 1. The molecule has 6 heteroatoms. The van der Waals surface area contributed by atoms with E-state index in [0.717, 1.165) is 70.0 Å². The van der Waals surface area contributed by atoms with Crippen LogP contribution in [0, 0.1) is 0 Å². The van der Waals surface area contributed by atoms with Crippen LogP contribution < -0.4 is 0 Å². The van der Waals surface area contributed by atoms with E-state index in [2.05, 4.69) is 26.4 Å². The highest BCUT2D eigenvalue weighted by Gasteiger charge is 2.28. The van der Waals surface area contributed by atoms with Crippen molar-refractivity contribution >= 4 is 5.97 Å². The minimum atomic E-state index is -0.721. The summed E-state index contributed by atoms with van der Waals surface area (Å²) in [6.45, 7) is 6.41. The molecule has 0 saturated carbocycles. The van der Waals surface area contributed by atoms with E-state index in [1.54, 1.807) is 6.20 Å². The van der Waals surface area contributed by atoms with Crippen molar-refractivity contribution in [1.29, 1.82) is 0 Å². The molecule has 6 nitrogen and oxygen atoms in total. The summed E-state index contributed by atoms with van der Waals surface area (Å²) in [4.78, 5) is 20.6. The van der Waals surface area contributed by atoms with Crippen LogP contribution in [-0.2, 0) is 17.8 Å². The van der Waals surface area contributed by atoms with Crippen LogP contribution in [-0.4, -0.2) is 70.2 Å². The number of hydrogen-bond acceptors (Lipinski definition) is 4. The maximum absolute atomic E-state index is 11.3. The first-order valence-electron chi connectivity index (χ1n) is 7.83. The molecular weight excluding hydrogens is 268 g/mol. The van der Waals surface area contributed by atoms with E-state index < -0.39 is 5.97 Å². The number of nitrogens with zero attached hydrogens (tertiary/aromatic N) is 4. The Hall–Kier alpha value is -1.40. The summed E-state index contributed by atoms with van der Waals surface area (Å²) >= 11 is 0. The van der Waals surface area contributed by atoms with Crippen molar-refractivity contribution in [3.05, 3.63) is 17.7 Å². The first kappa shape index (κ1) is 14.5. The van der Waals surface area contributed by atoms with Crippen LogP contribution in [0.3, 0.4) is 0 Å². The summed E-state index contributed by atoms with van der Waals surface area (Å²) in [5, 5.41) is 9.30. The maximum Gasteiger partial charge on any atom is 0.312 e. The van der Waals surface area contributed by atoms with E-state index in [9.17, 15) is 9.90 Å². The fourth-order valence-corrected chi connectivity index (χ4v) is 3.35. The van der Waals surface area contributed by atoms with Crippen molar-refractivity contribution in [2.24, 2.45) is 0 Å². The standard InChI is InChI=1S/C15H24N4O2/c1-17-7-9-18(10-8-17)6-4-14-16-11-13-12(15(20)21)3-2-5-19(13)14/h11-12H,2-10H2,1H3,(H,20,21). The molecule has 0 aliphatic carbocycles. The van der Waals surface area contributed by atoms with Gasteiger partial charge < -0.3 is 19.5 Å². The summed E-state index contributed by atoms with van der Waals surface area (Å²) in [6.07, 6.45) is 4.36. The maximum atomic E-state index is 11.3. The summed E-state index contributed by atoms with van der Waals surface area (Å²) in [7, 11) is 2.16. The molecule has 2 aliphatic rings. The van der Waals surface area contributed by atoms with Gasteiger partial charge in [0, 0.05) is 51.9 Å². The van der Waals surface area contributed by atoms with Gasteiger partial charge in [0.1, 0.15) is 5.82 Å². The van der Waals surface area contributed by atoms with Gasteiger partial charge in [0.25, 0.3) is 0 Å². The summed E-state index contributed by atoms with van der Waals surface area (Å²) in [5.74, 6) is -0.0417. The fourth-order valence-electron chi connectivity index (χ4n) is 3.35. The lowest BCUT2D eigenvalue weighted by Crippen LogP contribution is -2.45. The highest BCUT2D eigenvalue weighted by atomic mass is 16.4. The molecule has 1 aromatic heterocycles. The summed E-state index contributed by atoms with van der Waals surface area (Å²) in [6, 6.07) is 0. The van der Waals surface area contributed by atoms with E-state index in [1.807, 2.05) is 0 Å². The lowest BCUT2D eigenvalue weighted by atomic mass is 9.96. The zero-order valence-electron chi connectivity index (χ0n) is 12.7. The molecule has 0 radical (unpaired) electrons. The zero-order valence-corrected chi connectivity index (χ0v) is 12.7. The number of carboxylic acids is 1. The predicted octanol–water partition coefficient (Wildman–Crippen LogP) is 0.635. The molecular formula is C15H24N4O2. The number of aromatic nitrogens is 2. The molecule has 0 bridgehead atoms. The van der Waals surface area contributed by atoms with Gasteiger partial charge in [-0.25, -0.2) is 4.98 Å². The van der Waals surface area contributed by atoms with Crippen molar-refractivity contribution < 1.29 is 9.90 Å². The molecule has 3 heterocycles. The zero-order chi connectivity index (χ0) is 14.8. The Morgan fingerprint density at radius 3 is 2.81 bits per heavy atom. The molecule has 0 aromatic carbocycles. The van der Waals surface area contributed by atoms with Gasteiger partial charge in [-0.05, 0) is 19.9 Å². The molecule has 21 heavy (non-hydrogen) atoms. The molecule has 0 spiro atoms. The highest BCUT2D eigenvalue weighted by molar-refractivity contribution is 5.75. The quantitative estimate of drug-likeness (QED) is 0.882. The van der Waals surface area contributed by atoms with Gasteiger partial charge in [0.15, 0.2) is 0 Å². The van der Waals surface area contributed by atoms with E-state index >= 15 is 0 Å². The molecule has 3 rings (SSSR count). The lowest BCUT2D eigenvalue weighted by molar-refractivity contribution is -0.139. The second kappa shape index (κ2) is 6.15. The number of hydrogen-bond donors (Lipinski definition) is 1. The van der Waals surface area contributed by atoms with Crippen molar-refractivity contribution in [3.8, 4) is 0 Å². The average molecular weight is 292 g/mol. The van der Waals surface area contributed by atoms with E-state index in [4.69, 9.17) is 0 Å². The lowest BCUT2D eigenvalue weighted by Gasteiger charge is -2.32. The predicted molar refractivity (Wildman–Crippen MR) is 79.5 cm³/mol. The van der Waals surface area contributed by atoms with Gasteiger partial charge in [-0.2, -0.15) is 0 Å². The number of piperazine rings is 1. The molecule has 1 unspecified atom stereocenters. The topological polar surface area (TPSA) is 61.6 Å². The minimum absolute atomic E-state index is 0.372. The minimum Gasteiger partial charge on any atom is -0.481 e. The first-order chi connectivity index (χ1) is 10.1. The van der Waals surface area contributed by atoms with Gasteiger partial charge in [-0.3, -0.25) is 4.79 Å². The van der Waals surface area contributed by atoms with E-state index in [0.29, 0.717) is 0 Å². The largest absolute Gasteiger partial charge is 0.481 e. The van der Waals surface area contributed by atoms with Crippen LogP contribution in [0.25, 0.3) is 0 Å². The molecule has 2 aliphatic heterocycles. The second-order valence-electron chi connectivity index (χ2n) is 6.18. The molecule has 1 N–H and O–H groups in total. The van der Waals surface area contributed by atoms with Crippen LogP contribution in [0.4, 0.5) is 0 Å². The van der Waals surface area contributed by atoms with Crippen LogP contribution in [0.1, 0.15) is 30.3 Å². The van der Waals surface area contributed by atoms with Gasteiger partial charge in [0.2, 0.25) is 0 Å². The van der Waals surface area contributed by atoms with Crippen LogP contribution in [0.2, 0.25) is 0 Å². The summed E-state index contributed by atoms with van der Waals surface area (Å²) < 4.78 is 2.14. The highest BCUT2D eigenvalue weighted by Crippen LogP contribution is 2.28. The first-order valence-corrected chi connectivity index (χ1v) is 7.83. The molecule has 1 saturated heterocycles. The average Bonchev–Trinajstić information content (AvgIpc) is 2.89. The van der Waals surface area contributed by atoms with Crippen molar-refractivity contribution in [2.75, 3.05) is 39.8 Å². The van der Waals surface area contributed by atoms with E-state index in [1.165, 1.54) is 0 Å². The number of rotatable bonds is 4. The number of imidazole rings is 1. The molecule has 1 atom stereocenters. The van der Waals surface area contributed by atoms with Crippen LogP contribution in [0.5, 0.6) is 0 Å². The smallest absolute Gasteiger partial charge is 0.312 e. The molecule has 1 aromatic rings. The monoisotopic (exact) mass is 292 g/mol.